The number of pyridine rings is 1. The summed E-state index contributed by atoms with van der Waals surface area (Å²) in [5, 5.41) is 21.9. The van der Waals surface area contributed by atoms with Crippen molar-refractivity contribution in [2.24, 2.45) is 0 Å². The highest BCUT2D eigenvalue weighted by atomic mass is 16.2. The summed E-state index contributed by atoms with van der Waals surface area (Å²) in [4.78, 5) is 94.7. The van der Waals surface area contributed by atoms with Crippen LogP contribution in [0.4, 0.5) is 0 Å². The van der Waals surface area contributed by atoms with Crippen molar-refractivity contribution in [2.75, 3.05) is 86.1 Å². The van der Waals surface area contributed by atoms with Crippen molar-refractivity contribution in [3.05, 3.63) is 287 Å². The maximum atomic E-state index is 12.3. The van der Waals surface area contributed by atoms with Crippen LogP contribution >= 0.6 is 0 Å². The number of benzene rings is 10. The molecule has 25 rings (SSSR count). The highest BCUT2D eigenvalue weighted by molar-refractivity contribution is 6.10. The lowest BCUT2D eigenvalue weighted by Gasteiger charge is -2.29. The molecule has 25 nitrogen and oxygen atoms in total. The van der Waals surface area contributed by atoms with E-state index < -0.39 is 0 Å². The first-order valence-corrected chi connectivity index (χ1v) is 46.0. The third kappa shape index (κ3) is 16.2. The molecule has 4 fully saturated rings. The minimum Gasteiger partial charge on any atom is -0.350 e. The number of nitrogens with one attached hydrogen (secondary N) is 7. The Bertz CT molecular complexity index is 6950. The van der Waals surface area contributed by atoms with E-state index >= 15 is 0 Å². The lowest BCUT2D eigenvalue weighted by atomic mass is 9.89. The van der Waals surface area contributed by atoms with Crippen LogP contribution in [-0.2, 0) is 32.7 Å². The van der Waals surface area contributed by atoms with Gasteiger partial charge in [0.05, 0.1) is 83.0 Å². The Hall–Kier alpha value is -14.1. The van der Waals surface area contributed by atoms with Crippen LogP contribution in [0.5, 0.6) is 0 Å². The van der Waals surface area contributed by atoms with Crippen molar-refractivity contribution >= 4 is 84.7 Å². The molecule has 25 heteroatoms. The quantitative estimate of drug-likeness (QED) is 0.0670. The van der Waals surface area contributed by atoms with Crippen LogP contribution in [0.3, 0.4) is 0 Å². The predicted octanol–water partition coefficient (Wildman–Crippen LogP) is 15.8. The first-order chi connectivity index (χ1) is 63.9. The van der Waals surface area contributed by atoms with Crippen LogP contribution in [0.1, 0.15) is 149 Å². The molecule has 130 heavy (non-hydrogen) atoms. The van der Waals surface area contributed by atoms with Crippen LogP contribution in [0, 0.1) is 0 Å². The van der Waals surface area contributed by atoms with Crippen molar-refractivity contribution in [1.29, 1.82) is 0 Å². The van der Waals surface area contributed by atoms with Gasteiger partial charge in [-0.2, -0.15) is 0 Å². The molecule has 0 spiro atoms. The van der Waals surface area contributed by atoms with Crippen molar-refractivity contribution in [3.8, 4) is 68.1 Å². The number of hydrogen-bond acceptors (Lipinski definition) is 15. The first kappa shape index (κ1) is 82.8. The Kier molecular flexibility index (Phi) is 23.1. The highest BCUT2D eigenvalue weighted by Gasteiger charge is 2.31. The van der Waals surface area contributed by atoms with Crippen LogP contribution in [0.2, 0.25) is 0 Å². The van der Waals surface area contributed by atoms with E-state index in [0.717, 1.165) is 169 Å². The minimum atomic E-state index is -0.0345. The fourth-order valence-corrected chi connectivity index (χ4v) is 20.6. The second kappa shape index (κ2) is 36.2. The molecule has 5 amide bonds. The maximum absolute atomic E-state index is 12.3. The van der Waals surface area contributed by atoms with Gasteiger partial charge in [-0.05, 0) is 210 Å². The Morgan fingerprint density at radius 2 is 0.638 bits per heavy atom. The smallest absolute Gasteiger partial charge is 0.253 e. The fourth-order valence-electron chi connectivity index (χ4n) is 20.6. The number of carbonyl (C=O) groups excluding carboxylic acids is 5. The average molecular weight is 1730 g/mol. The molecule has 10 aromatic carbocycles. The van der Waals surface area contributed by atoms with Crippen molar-refractivity contribution < 1.29 is 24.0 Å². The van der Waals surface area contributed by atoms with Crippen LogP contribution in [0.25, 0.3) is 123 Å². The van der Waals surface area contributed by atoms with E-state index in [1.807, 2.05) is 109 Å². The van der Waals surface area contributed by atoms with Gasteiger partial charge in [0.1, 0.15) is 29.1 Å². The average Bonchev–Trinajstić information content (AvgIpc) is 1.63. The summed E-state index contributed by atoms with van der Waals surface area (Å²) in [6, 6.07) is 77.3. The van der Waals surface area contributed by atoms with E-state index in [4.69, 9.17) is 24.9 Å². The molecule has 3 atom stereocenters. The molecule has 0 aliphatic carbocycles. The second-order valence-electron chi connectivity index (χ2n) is 35.3. The Balaban J connectivity index is 0.0000000984. The number of rotatable bonds is 10. The largest absolute Gasteiger partial charge is 0.350 e. The number of imidazole rings is 5. The minimum absolute atomic E-state index is 0.0107. The predicted molar refractivity (Wildman–Crippen MR) is 510 cm³/mol. The molecule has 15 heterocycles. The van der Waals surface area contributed by atoms with Crippen molar-refractivity contribution in [3.63, 3.8) is 0 Å². The maximum Gasteiger partial charge on any atom is 0.253 e. The van der Waals surface area contributed by atoms with Gasteiger partial charge in [0.15, 0.2) is 0 Å². The number of hydrogen-bond donors (Lipinski definition) is 7. The fraction of sp³-hybridized carbons (Fsp3) is 0.286. The zero-order chi connectivity index (χ0) is 87.9. The van der Waals surface area contributed by atoms with Gasteiger partial charge < -0.3 is 65.0 Å². The third-order valence-electron chi connectivity index (χ3n) is 27.3. The molecule has 16 aromatic rings. The zero-order valence-corrected chi connectivity index (χ0v) is 73.2. The molecular formula is C105H104N20O5. The van der Waals surface area contributed by atoms with Gasteiger partial charge in [0, 0.05) is 124 Å². The highest BCUT2D eigenvalue weighted by Crippen LogP contribution is 2.39. The van der Waals surface area contributed by atoms with Crippen LogP contribution in [0.15, 0.2) is 237 Å². The number of nitrogens with zero attached hydrogens (tertiary/aromatic N) is 13. The molecule has 4 saturated heterocycles. The molecular weight excluding hydrogens is 1620 g/mol. The van der Waals surface area contributed by atoms with Gasteiger partial charge in [-0.15, -0.1) is 0 Å². The van der Waals surface area contributed by atoms with E-state index in [1.165, 1.54) is 93.3 Å². The second-order valence-corrected chi connectivity index (χ2v) is 35.3. The van der Waals surface area contributed by atoms with Gasteiger partial charge in [0.2, 0.25) is 0 Å². The summed E-state index contributed by atoms with van der Waals surface area (Å²) in [6.45, 7) is 13.6. The van der Waals surface area contributed by atoms with Crippen LogP contribution in [-0.4, -0.2) is 178 Å². The monoisotopic (exact) mass is 1720 g/mol. The van der Waals surface area contributed by atoms with E-state index in [1.54, 1.807) is 6.20 Å². The number of amides is 5. The van der Waals surface area contributed by atoms with Gasteiger partial charge >= 0.3 is 0 Å². The third-order valence-corrected chi connectivity index (χ3v) is 27.3. The lowest BCUT2D eigenvalue weighted by molar-refractivity contribution is 0.0948. The SMILES string of the molecule is CN1CCC(c2ccc(-c3nc4cccc5c4n3CCNC5=O)cc2)CC1.CN1CCCC1c1ccc(-c2nc3cccc4c3n2CCNC4=O)cc1.O=C1NCCn2c(-c3ccc(-c4cccnc4)cc3)nc3cccc1c32.O=C1NCCn2c(-c3ccc(C4CCCN4)cc3)nc3cccc1c32.O=C1NCCn2c(-c3ccc(C4CCCNC4)cc3)nc3cccc1c32. The molecule has 3 unspecified atom stereocenters. The van der Waals surface area contributed by atoms with Crippen molar-refractivity contribution in [2.45, 2.75) is 108 Å². The number of carbonyl (C=O) groups is 5. The van der Waals surface area contributed by atoms with E-state index in [2.05, 4.69) is 210 Å². The van der Waals surface area contributed by atoms with Gasteiger partial charge in [-0.3, -0.25) is 33.9 Å². The molecule has 0 radical (unpaired) electrons. The standard InChI is InChI=1S/C22H24N4O.2C21H22N4O.C21H16N4O.C20H20N4O/c1-25-12-9-16(10-13-25)15-5-7-17(8-6-15)21-24-19-4-2-3-18-20(19)26(21)14-11-23-22(18)27;1-24-12-3-6-18(24)14-7-9-15(10-8-14)20-23-17-5-2-4-16-19(17)25(20)13-11-22-21(16)26;2*26-21-17-4-1-5-18-19(17)25(12-11-23-21)20(24-18)15-8-6-14(7-9-15)16-3-2-10-22-13-16;25-20-15-3-1-4-17-18(15)24(12-11-22-20)19(23-17)14-8-6-13(7-9-14)16-5-2-10-21-16/h2-8,16H,9-14H2,1H3,(H,23,27);2,4-5,7-10,18H,3,6,11-13H2,1H3,(H,22,26);1,4-9,16,22H,2-3,10-13H2,(H,23,26);1-10,13H,11-12H2,(H,23,26);1,3-4,6-9,16,21H,2,5,10-12H2,(H,22,25). The van der Waals surface area contributed by atoms with E-state index in [-0.39, 0.29) is 29.5 Å². The number of aromatic nitrogens is 11. The summed E-state index contributed by atoms with van der Waals surface area (Å²) >= 11 is 0. The number of likely N-dealkylation sites (tertiary alicyclic amines) is 2. The summed E-state index contributed by atoms with van der Waals surface area (Å²) in [7, 11) is 4.40. The molecule has 654 valence electrons. The number of para-hydroxylation sites is 5. The van der Waals surface area contributed by atoms with Gasteiger partial charge in [-0.1, -0.05) is 158 Å². The van der Waals surface area contributed by atoms with Gasteiger partial charge in [-0.25, -0.2) is 24.9 Å². The Morgan fingerprint density at radius 1 is 0.292 bits per heavy atom. The normalized spacial score (nSPS) is 18.4. The first-order valence-electron chi connectivity index (χ1n) is 46.0. The summed E-state index contributed by atoms with van der Waals surface area (Å²) < 4.78 is 10.9. The molecule has 9 aliphatic heterocycles. The van der Waals surface area contributed by atoms with Crippen molar-refractivity contribution in [1.82, 2.24) is 99.8 Å². The lowest BCUT2D eigenvalue weighted by Crippen LogP contribution is -2.29. The molecule has 0 saturated carbocycles. The summed E-state index contributed by atoms with van der Waals surface area (Å²) in [5.41, 5.74) is 25.8. The zero-order valence-electron chi connectivity index (χ0n) is 73.2. The van der Waals surface area contributed by atoms with Crippen LogP contribution < -0.4 is 37.2 Å². The molecule has 7 N–H and O–H groups in total. The number of piperidine rings is 2. The Morgan fingerprint density at radius 3 is 0.969 bits per heavy atom. The van der Waals surface area contributed by atoms with E-state index in [0.29, 0.717) is 91.0 Å². The topological polar surface area (TPSA) is 278 Å². The molecule has 9 aliphatic rings. The van der Waals surface area contributed by atoms with Gasteiger partial charge in [0.25, 0.3) is 29.5 Å². The molecule has 0 bridgehead atoms. The summed E-state index contributed by atoms with van der Waals surface area (Å²) in [5.74, 6) is 5.83. The summed E-state index contributed by atoms with van der Waals surface area (Å²) in [6.07, 6.45) is 13.5. The Labute approximate surface area is 753 Å². The molecule has 6 aromatic heterocycles. The van der Waals surface area contributed by atoms with E-state index in [9.17, 15) is 24.0 Å².